The van der Waals surface area contributed by atoms with Crippen molar-refractivity contribution in [1.82, 2.24) is 4.90 Å². The van der Waals surface area contributed by atoms with E-state index in [0.717, 1.165) is 5.56 Å². The highest BCUT2D eigenvalue weighted by Crippen LogP contribution is 2.40. The lowest BCUT2D eigenvalue weighted by Crippen LogP contribution is -2.29. The molecule has 0 radical (unpaired) electrons. The van der Waals surface area contributed by atoms with Gasteiger partial charge in [-0.1, -0.05) is 42.5 Å². The van der Waals surface area contributed by atoms with Gasteiger partial charge in [-0.2, -0.15) is 0 Å². The number of aliphatic hydroxyl groups excluding tert-OH is 1. The van der Waals surface area contributed by atoms with Crippen molar-refractivity contribution in [3.8, 4) is 5.75 Å². The Hall–Kier alpha value is -3.93. The van der Waals surface area contributed by atoms with Gasteiger partial charge >= 0.3 is 0 Å². The fourth-order valence-corrected chi connectivity index (χ4v) is 3.90. The predicted molar refractivity (Wildman–Crippen MR) is 118 cm³/mol. The van der Waals surface area contributed by atoms with E-state index in [4.69, 9.17) is 4.74 Å². The predicted octanol–water partition coefficient (Wildman–Crippen LogP) is 4.76. The number of ether oxygens (including phenoxy) is 1. The second-order valence-electron chi connectivity index (χ2n) is 7.65. The summed E-state index contributed by atoms with van der Waals surface area (Å²) in [7, 11) is 1.57. The Bertz CT molecular complexity index is 1200. The molecule has 6 heteroatoms. The summed E-state index contributed by atoms with van der Waals surface area (Å²) < 4.78 is 18.9. The number of benzene rings is 3. The van der Waals surface area contributed by atoms with Crippen LogP contribution in [0.2, 0.25) is 0 Å². The van der Waals surface area contributed by atoms with Crippen LogP contribution < -0.4 is 4.74 Å². The highest BCUT2D eigenvalue weighted by molar-refractivity contribution is 6.46. The minimum Gasteiger partial charge on any atom is -0.507 e. The zero-order valence-electron chi connectivity index (χ0n) is 17.7. The van der Waals surface area contributed by atoms with Crippen LogP contribution in [0.1, 0.15) is 28.3 Å². The van der Waals surface area contributed by atoms with Gasteiger partial charge < -0.3 is 14.7 Å². The number of halogens is 1. The van der Waals surface area contributed by atoms with Gasteiger partial charge in [0.05, 0.1) is 18.7 Å². The van der Waals surface area contributed by atoms with Gasteiger partial charge in [0.2, 0.25) is 0 Å². The number of rotatable bonds is 5. The lowest BCUT2D eigenvalue weighted by atomic mass is 9.94. The third-order valence-corrected chi connectivity index (χ3v) is 5.60. The van der Waals surface area contributed by atoms with E-state index in [9.17, 15) is 19.1 Å². The van der Waals surface area contributed by atoms with Crippen molar-refractivity contribution in [3.63, 3.8) is 0 Å². The molecule has 0 aromatic heterocycles. The molecule has 32 heavy (non-hydrogen) atoms. The van der Waals surface area contributed by atoms with Crippen molar-refractivity contribution >= 4 is 17.4 Å². The fourth-order valence-electron chi connectivity index (χ4n) is 3.90. The number of carbonyl (C=O) groups is 2. The monoisotopic (exact) mass is 431 g/mol. The number of aryl methyl sites for hydroxylation is 1. The summed E-state index contributed by atoms with van der Waals surface area (Å²) in [5.74, 6) is -1.53. The molecular weight excluding hydrogens is 409 g/mol. The Kier molecular flexibility index (Phi) is 5.77. The molecule has 0 aliphatic carbocycles. The summed E-state index contributed by atoms with van der Waals surface area (Å²) in [6, 6.07) is 19.6. The van der Waals surface area contributed by atoms with Crippen molar-refractivity contribution in [3.05, 3.63) is 106 Å². The third kappa shape index (κ3) is 3.87. The average Bonchev–Trinajstić information content (AvgIpc) is 3.06. The zero-order chi connectivity index (χ0) is 22.8. The van der Waals surface area contributed by atoms with Gasteiger partial charge in [-0.15, -0.1) is 0 Å². The number of amides is 1. The Morgan fingerprint density at radius 2 is 1.72 bits per heavy atom. The second-order valence-corrected chi connectivity index (χ2v) is 7.65. The summed E-state index contributed by atoms with van der Waals surface area (Å²) in [6.07, 6.45) is 0. The van der Waals surface area contributed by atoms with E-state index in [1.54, 1.807) is 38.3 Å². The van der Waals surface area contributed by atoms with Crippen LogP contribution >= 0.6 is 0 Å². The fraction of sp³-hybridized carbons (Fsp3) is 0.154. The zero-order valence-corrected chi connectivity index (χ0v) is 17.7. The molecule has 1 saturated heterocycles. The molecule has 162 valence electrons. The van der Waals surface area contributed by atoms with Gasteiger partial charge in [-0.25, -0.2) is 4.39 Å². The molecule has 1 unspecified atom stereocenters. The molecule has 1 amide bonds. The summed E-state index contributed by atoms with van der Waals surface area (Å²) in [5, 5.41) is 11.0. The van der Waals surface area contributed by atoms with E-state index in [1.807, 2.05) is 30.3 Å². The van der Waals surface area contributed by atoms with E-state index >= 15 is 0 Å². The van der Waals surface area contributed by atoms with Crippen LogP contribution in [-0.2, 0) is 16.1 Å². The van der Waals surface area contributed by atoms with Crippen molar-refractivity contribution in [2.75, 3.05) is 7.11 Å². The van der Waals surface area contributed by atoms with Crippen molar-refractivity contribution in [1.29, 1.82) is 0 Å². The number of hydrogen-bond donors (Lipinski definition) is 1. The maximum Gasteiger partial charge on any atom is 0.295 e. The normalized spacial score (nSPS) is 17.6. The van der Waals surface area contributed by atoms with E-state index < -0.39 is 23.5 Å². The molecule has 3 aromatic rings. The number of aliphatic hydroxyl groups is 1. The molecule has 1 aliphatic heterocycles. The maximum atomic E-state index is 13.7. The molecule has 1 fully saturated rings. The number of Topliss-reactive ketones (excluding diaryl/α,β-unsaturated/α-hetero) is 1. The van der Waals surface area contributed by atoms with Crippen LogP contribution in [0, 0.1) is 12.7 Å². The molecule has 1 aliphatic rings. The largest absolute Gasteiger partial charge is 0.507 e. The molecular formula is C26H22FNO4. The lowest BCUT2D eigenvalue weighted by Gasteiger charge is -2.25. The molecule has 1 atom stereocenters. The first-order valence-corrected chi connectivity index (χ1v) is 10.1. The van der Waals surface area contributed by atoms with E-state index in [2.05, 4.69) is 0 Å². The summed E-state index contributed by atoms with van der Waals surface area (Å²) in [4.78, 5) is 27.5. The van der Waals surface area contributed by atoms with Gasteiger partial charge in [0.25, 0.3) is 11.7 Å². The van der Waals surface area contributed by atoms with Crippen molar-refractivity contribution in [2.45, 2.75) is 19.5 Å². The Morgan fingerprint density at radius 3 is 2.34 bits per heavy atom. The van der Waals surface area contributed by atoms with Crippen LogP contribution in [-0.4, -0.2) is 28.8 Å². The van der Waals surface area contributed by atoms with Crippen molar-refractivity contribution < 1.29 is 23.8 Å². The molecule has 0 bridgehead atoms. The van der Waals surface area contributed by atoms with E-state index in [-0.39, 0.29) is 23.4 Å². The lowest BCUT2D eigenvalue weighted by molar-refractivity contribution is -0.140. The van der Waals surface area contributed by atoms with Gasteiger partial charge in [-0.05, 0) is 53.9 Å². The number of carbonyl (C=O) groups excluding carboxylic acids is 2. The highest BCUT2D eigenvalue weighted by Gasteiger charge is 2.46. The standard InChI is InChI=1S/C26H22FNO4/c1-16-14-19(10-13-21(16)27)24(29)22-23(18-6-4-3-5-7-18)28(26(31)25(22)30)15-17-8-11-20(32-2)12-9-17/h3-14,23,29H,15H2,1-2H3/b24-22-. The summed E-state index contributed by atoms with van der Waals surface area (Å²) >= 11 is 0. The van der Waals surface area contributed by atoms with Crippen LogP contribution in [0.4, 0.5) is 4.39 Å². The molecule has 0 saturated carbocycles. The number of methoxy groups -OCH3 is 1. The second kappa shape index (κ2) is 8.67. The first kappa shape index (κ1) is 21.3. The molecule has 1 N–H and O–H groups in total. The average molecular weight is 431 g/mol. The van der Waals surface area contributed by atoms with Crippen molar-refractivity contribution in [2.24, 2.45) is 0 Å². The Morgan fingerprint density at radius 1 is 1.03 bits per heavy atom. The first-order valence-electron chi connectivity index (χ1n) is 10.1. The third-order valence-electron chi connectivity index (χ3n) is 5.60. The molecule has 4 rings (SSSR count). The SMILES string of the molecule is COc1ccc(CN2C(=O)C(=O)/C(=C(\O)c3ccc(F)c(C)c3)C2c2ccccc2)cc1. The minimum absolute atomic E-state index is 0.0132. The van der Waals surface area contributed by atoms with Crippen LogP contribution in [0.5, 0.6) is 5.75 Å². The highest BCUT2D eigenvalue weighted by atomic mass is 19.1. The van der Waals surface area contributed by atoms with Gasteiger partial charge in [0.1, 0.15) is 17.3 Å². The van der Waals surface area contributed by atoms with Crippen LogP contribution in [0.25, 0.3) is 5.76 Å². The topological polar surface area (TPSA) is 66.8 Å². The Balaban J connectivity index is 1.82. The summed E-state index contributed by atoms with van der Waals surface area (Å²) in [5.41, 5.74) is 2.11. The number of likely N-dealkylation sites (tertiary alicyclic amines) is 1. The number of hydrogen-bond acceptors (Lipinski definition) is 4. The minimum atomic E-state index is -0.774. The molecule has 0 spiro atoms. The number of nitrogens with zero attached hydrogens (tertiary/aromatic N) is 1. The number of ketones is 1. The van der Waals surface area contributed by atoms with Gasteiger partial charge in [0.15, 0.2) is 0 Å². The van der Waals surface area contributed by atoms with Gasteiger partial charge in [0, 0.05) is 12.1 Å². The van der Waals surface area contributed by atoms with Gasteiger partial charge in [-0.3, -0.25) is 9.59 Å². The smallest absolute Gasteiger partial charge is 0.295 e. The maximum absolute atomic E-state index is 13.7. The molecule has 1 heterocycles. The molecule has 5 nitrogen and oxygen atoms in total. The first-order chi connectivity index (χ1) is 15.4. The van der Waals surface area contributed by atoms with Crippen LogP contribution in [0.15, 0.2) is 78.4 Å². The van der Waals surface area contributed by atoms with Crippen LogP contribution in [0.3, 0.4) is 0 Å². The summed E-state index contributed by atoms with van der Waals surface area (Å²) in [6.45, 7) is 1.75. The molecule has 3 aromatic carbocycles. The quantitative estimate of drug-likeness (QED) is 0.359. The van der Waals surface area contributed by atoms with E-state index in [0.29, 0.717) is 16.9 Å². The van der Waals surface area contributed by atoms with E-state index in [1.165, 1.54) is 23.1 Å². The Labute approximate surface area is 185 Å².